The van der Waals surface area contributed by atoms with Crippen molar-refractivity contribution in [3.8, 4) is 5.75 Å². The van der Waals surface area contributed by atoms with Crippen molar-refractivity contribution < 1.29 is 4.74 Å². The summed E-state index contributed by atoms with van der Waals surface area (Å²) in [5, 5.41) is 3.62. The first-order valence-electron chi connectivity index (χ1n) is 6.69. The number of unbranched alkanes of at least 4 members (excludes halogenated alkanes) is 1. The Morgan fingerprint density at radius 2 is 1.94 bits per heavy atom. The molecule has 96 valence electrons. The van der Waals surface area contributed by atoms with Crippen molar-refractivity contribution in [3.05, 3.63) is 29.8 Å². The minimum absolute atomic E-state index is 0.422. The Morgan fingerprint density at radius 1 is 1.18 bits per heavy atom. The molecule has 0 aromatic heterocycles. The Morgan fingerprint density at radius 3 is 2.59 bits per heavy atom. The molecule has 1 aromatic carbocycles. The third kappa shape index (κ3) is 4.39. The maximum atomic E-state index is 5.45. The zero-order chi connectivity index (χ0) is 12.5. The second kappa shape index (κ2) is 8.13. The van der Waals surface area contributed by atoms with Gasteiger partial charge in [0.05, 0.1) is 7.11 Å². The highest BCUT2D eigenvalue weighted by atomic mass is 16.5. The van der Waals surface area contributed by atoms with Crippen LogP contribution in [0.1, 0.15) is 51.1 Å². The fourth-order valence-electron chi connectivity index (χ4n) is 2.05. The second-order valence-electron chi connectivity index (χ2n) is 4.39. The number of hydrogen-bond acceptors (Lipinski definition) is 2. The monoisotopic (exact) mass is 235 g/mol. The number of methoxy groups -OCH3 is 1. The molecule has 0 spiro atoms. The molecule has 0 heterocycles. The molecule has 0 aliphatic carbocycles. The van der Waals surface area contributed by atoms with E-state index in [0.29, 0.717) is 6.04 Å². The maximum Gasteiger partial charge on any atom is 0.123 e. The Kier molecular flexibility index (Phi) is 6.71. The third-order valence-corrected chi connectivity index (χ3v) is 3.00. The van der Waals surface area contributed by atoms with Gasteiger partial charge in [0.25, 0.3) is 0 Å². The number of benzene rings is 1. The number of ether oxygens (including phenoxy) is 1. The molecule has 0 amide bonds. The molecule has 1 aromatic rings. The molecule has 1 rings (SSSR count). The van der Waals surface area contributed by atoms with Crippen molar-refractivity contribution in [2.24, 2.45) is 0 Å². The van der Waals surface area contributed by atoms with E-state index < -0.39 is 0 Å². The third-order valence-electron chi connectivity index (χ3n) is 3.00. The lowest BCUT2D eigenvalue weighted by Gasteiger charge is -2.21. The molecule has 17 heavy (non-hydrogen) atoms. The Bertz CT molecular complexity index is 304. The summed E-state index contributed by atoms with van der Waals surface area (Å²) in [6, 6.07) is 8.75. The quantitative estimate of drug-likeness (QED) is 0.737. The molecule has 0 saturated carbocycles. The average Bonchev–Trinajstić information content (AvgIpc) is 2.39. The van der Waals surface area contributed by atoms with Crippen LogP contribution in [0.3, 0.4) is 0 Å². The van der Waals surface area contributed by atoms with E-state index >= 15 is 0 Å². The van der Waals surface area contributed by atoms with Gasteiger partial charge in [0, 0.05) is 11.6 Å². The van der Waals surface area contributed by atoms with Gasteiger partial charge in [-0.3, -0.25) is 0 Å². The van der Waals surface area contributed by atoms with E-state index in [1.54, 1.807) is 7.11 Å². The van der Waals surface area contributed by atoms with Crippen molar-refractivity contribution in [3.63, 3.8) is 0 Å². The summed E-state index contributed by atoms with van der Waals surface area (Å²) >= 11 is 0. The van der Waals surface area contributed by atoms with Crippen LogP contribution >= 0.6 is 0 Å². The standard InChI is InChI=1S/C15H25NO/c1-4-6-10-14(16-12-5-2)13-9-7-8-11-15(13)17-3/h7-9,11,14,16H,4-6,10,12H2,1-3H3. The van der Waals surface area contributed by atoms with Crippen LogP contribution in [0, 0.1) is 0 Å². The van der Waals surface area contributed by atoms with Crippen LogP contribution in [0.4, 0.5) is 0 Å². The summed E-state index contributed by atoms with van der Waals surface area (Å²) in [5.74, 6) is 0.997. The van der Waals surface area contributed by atoms with Crippen molar-refractivity contribution in [2.45, 2.75) is 45.6 Å². The lowest BCUT2D eigenvalue weighted by molar-refractivity contribution is 0.392. The molecule has 2 heteroatoms. The summed E-state index contributed by atoms with van der Waals surface area (Å²) in [4.78, 5) is 0. The summed E-state index contributed by atoms with van der Waals surface area (Å²) < 4.78 is 5.45. The minimum atomic E-state index is 0.422. The molecule has 0 saturated heterocycles. The van der Waals surface area contributed by atoms with Gasteiger partial charge >= 0.3 is 0 Å². The van der Waals surface area contributed by atoms with E-state index in [-0.39, 0.29) is 0 Å². The Hall–Kier alpha value is -1.02. The summed E-state index contributed by atoms with van der Waals surface area (Å²) in [5.41, 5.74) is 1.29. The zero-order valence-electron chi connectivity index (χ0n) is 11.3. The normalized spacial score (nSPS) is 12.4. The van der Waals surface area contributed by atoms with Crippen LogP contribution in [-0.2, 0) is 0 Å². The molecule has 1 unspecified atom stereocenters. The second-order valence-corrected chi connectivity index (χ2v) is 4.39. The van der Waals surface area contributed by atoms with Gasteiger partial charge in [0.2, 0.25) is 0 Å². The van der Waals surface area contributed by atoms with Crippen LogP contribution in [0.25, 0.3) is 0 Å². The molecular formula is C15H25NO. The lowest BCUT2D eigenvalue weighted by Crippen LogP contribution is -2.22. The first kappa shape index (κ1) is 14.0. The molecule has 2 nitrogen and oxygen atoms in total. The van der Waals surface area contributed by atoms with Crippen LogP contribution in [0.15, 0.2) is 24.3 Å². The SMILES string of the molecule is CCCCC(NCCC)c1ccccc1OC. The molecule has 0 aliphatic rings. The Labute approximate surface area is 105 Å². The van der Waals surface area contributed by atoms with Crippen LogP contribution in [-0.4, -0.2) is 13.7 Å². The summed E-state index contributed by atoms with van der Waals surface area (Å²) in [6.45, 7) is 5.50. The van der Waals surface area contributed by atoms with Crippen LogP contribution in [0.5, 0.6) is 5.75 Å². The first-order valence-corrected chi connectivity index (χ1v) is 6.69. The van der Waals surface area contributed by atoms with Gasteiger partial charge in [-0.1, -0.05) is 44.9 Å². The van der Waals surface area contributed by atoms with E-state index in [4.69, 9.17) is 4.74 Å². The molecule has 1 atom stereocenters. The first-order chi connectivity index (χ1) is 8.33. The molecule has 0 aliphatic heterocycles. The van der Waals surface area contributed by atoms with Gasteiger partial charge in [-0.15, -0.1) is 0 Å². The predicted molar refractivity (Wildman–Crippen MR) is 73.6 cm³/mol. The number of para-hydroxylation sites is 1. The van der Waals surface area contributed by atoms with Gasteiger partial charge in [-0.2, -0.15) is 0 Å². The van der Waals surface area contributed by atoms with Gasteiger partial charge in [-0.05, 0) is 25.5 Å². The van der Waals surface area contributed by atoms with Gasteiger partial charge in [-0.25, -0.2) is 0 Å². The van der Waals surface area contributed by atoms with Gasteiger partial charge in [0.15, 0.2) is 0 Å². The fraction of sp³-hybridized carbons (Fsp3) is 0.600. The van der Waals surface area contributed by atoms with E-state index in [2.05, 4.69) is 31.3 Å². The van der Waals surface area contributed by atoms with E-state index in [1.807, 2.05) is 12.1 Å². The van der Waals surface area contributed by atoms with E-state index in [0.717, 1.165) is 18.7 Å². The molecular weight excluding hydrogens is 210 g/mol. The minimum Gasteiger partial charge on any atom is -0.496 e. The molecule has 0 radical (unpaired) electrons. The van der Waals surface area contributed by atoms with E-state index in [9.17, 15) is 0 Å². The molecule has 0 fully saturated rings. The summed E-state index contributed by atoms with van der Waals surface area (Å²) in [6.07, 6.45) is 4.83. The van der Waals surface area contributed by atoms with Crippen LogP contribution in [0.2, 0.25) is 0 Å². The van der Waals surface area contributed by atoms with E-state index in [1.165, 1.54) is 24.8 Å². The van der Waals surface area contributed by atoms with Crippen molar-refractivity contribution in [2.75, 3.05) is 13.7 Å². The van der Waals surface area contributed by atoms with Crippen LogP contribution < -0.4 is 10.1 Å². The predicted octanol–water partition coefficient (Wildman–Crippen LogP) is 3.93. The number of rotatable bonds is 8. The highest BCUT2D eigenvalue weighted by Crippen LogP contribution is 2.28. The largest absolute Gasteiger partial charge is 0.496 e. The molecule has 1 N–H and O–H groups in total. The van der Waals surface area contributed by atoms with Crippen molar-refractivity contribution in [1.82, 2.24) is 5.32 Å². The van der Waals surface area contributed by atoms with Crippen molar-refractivity contribution in [1.29, 1.82) is 0 Å². The average molecular weight is 235 g/mol. The number of hydrogen-bond donors (Lipinski definition) is 1. The van der Waals surface area contributed by atoms with Gasteiger partial charge in [0.1, 0.15) is 5.75 Å². The smallest absolute Gasteiger partial charge is 0.123 e. The topological polar surface area (TPSA) is 21.3 Å². The highest BCUT2D eigenvalue weighted by molar-refractivity contribution is 5.35. The van der Waals surface area contributed by atoms with Gasteiger partial charge < -0.3 is 10.1 Å². The lowest BCUT2D eigenvalue weighted by atomic mass is 10.00. The highest BCUT2D eigenvalue weighted by Gasteiger charge is 2.14. The molecule has 0 bridgehead atoms. The summed E-state index contributed by atoms with van der Waals surface area (Å²) in [7, 11) is 1.75. The zero-order valence-corrected chi connectivity index (χ0v) is 11.3. The fourth-order valence-corrected chi connectivity index (χ4v) is 2.05. The van der Waals surface area contributed by atoms with Crippen molar-refractivity contribution >= 4 is 0 Å². The Balaban J connectivity index is 2.78. The number of nitrogens with one attached hydrogen (secondary N) is 1. The maximum absolute atomic E-state index is 5.45.